The van der Waals surface area contributed by atoms with Crippen molar-refractivity contribution in [2.75, 3.05) is 38.2 Å². The third-order valence-electron chi connectivity index (χ3n) is 12.8. The summed E-state index contributed by atoms with van der Waals surface area (Å²) in [6, 6.07) is 16.0. The van der Waals surface area contributed by atoms with Gasteiger partial charge in [-0.2, -0.15) is 4.98 Å². The number of piperazine rings is 1. The summed E-state index contributed by atoms with van der Waals surface area (Å²) in [6.45, 7) is 12.8. The second-order valence-corrected chi connectivity index (χ2v) is 17.7. The molecule has 2 aliphatic heterocycles. The van der Waals surface area contributed by atoms with Crippen LogP contribution in [0.3, 0.4) is 0 Å². The number of nitrogens with one attached hydrogen (secondary N) is 3. The normalized spacial score (nSPS) is 20.4. The van der Waals surface area contributed by atoms with Crippen LogP contribution >= 0.6 is 0 Å². The van der Waals surface area contributed by atoms with Crippen LogP contribution in [0, 0.1) is 12.7 Å². The van der Waals surface area contributed by atoms with Gasteiger partial charge in [0.1, 0.15) is 23.5 Å². The molecule has 15 heteroatoms. The van der Waals surface area contributed by atoms with E-state index in [1.807, 2.05) is 26.8 Å². The Labute approximate surface area is 352 Å². The number of methoxy groups -OCH3 is 1. The lowest BCUT2D eigenvalue weighted by Gasteiger charge is -2.47. The monoisotopic (exact) mass is 827 g/mol. The molecule has 61 heavy (non-hydrogen) atoms. The third kappa shape index (κ3) is 7.49. The number of halogens is 1. The SMILES string of the molecule is COc1cc2c(cc1N1CCN(C3CC(c4ccc([C@@H]5CCC(=O)NC5=O)cc4)C3)CC1)[nH]c1ncnc(-c3ccc([C@@H](C)NC(=O)c4nc(C(C)(C)C)no4)c(C)c3F)c12. The molecule has 2 saturated heterocycles. The fraction of sp³-hybridized carbons (Fsp3) is 0.413. The number of nitrogens with zero attached hydrogens (tertiary/aromatic N) is 6. The van der Waals surface area contributed by atoms with E-state index in [0.29, 0.717) is 69.8 Å². The van der Waals surface area contributed by atoms with E-state index in [0.717, 1.165) is 61.2 Å². The number of H-pyrrole nitrogens is 1. The molecule has 3 aromatic heterocycles. The quantitative estimate of drug-likeness (QED) is 0.128. The molecule has 3 N–H and O–H groups in total. The number of carbonyl (C=O) groups is 3. The number of benzene rings is 3. The molecule has 3 amide bonds. The summed E-state index contributed by atoms with van der Waals surface area (Å²) in [4.78, 5) is 58.7. The Bertz CT molecular complexity index is 2670. The molecule has 2 atom stereocenters. The Hall–Kier alpha value is -6.22. The molecule has 3 fully saturated rings. The molecule has 3 aromatic carbocycles. The maximum atomic E-state index is 16.4. The van der Waals surface area contributed by atoms with Gasteiger partial charge in [-0.1, -0.05) is 56.3 Å². The molecular weight excluding hydrogens is 778 g/mol. The molecule has 0 radical (unpaired) electrons. The predicted octanol–water partition coefficient (Wildman–Crippen LogP) is 6.99. The zero-order valence-electron chi connectivity index (χ0n) is 35.3. The maximum Gasteiger partial charge on any atom is 0.315 e. The van der Waals surface area contributed by atoms with Crippen LogP contribution in [-0.4, -0.2) is 87.0 Å². The van der Waals surface area contributed by atoms with Crippen LogP contribution in [-0.2, 0) is 15.0 Å². The number of piperidine rings is 1. The van der Waals surface area contributed by atoms with E-state index < -0.39 is 17.8 Å². The average molecular weight is 828 g/mol. The fourth-order valence-corrected chi connectivity index (χ4v) is 9.16. The van der Waals surface area contributed by atoms with E-state index in [9.17, 15) is 14.4 Å². The van der Waals surface area contributed by atoms with Crippen molar-refractivity contribution in [3.05, 3.63) is 94.6 Å². The lowest BCUT2D eigenvalue weighted by Crippen LogP contribution is -2.53. The van der Waals surface area contributed by atoms with Crippen molar-refractivity contribution >= 4 is 45.3 Å². The van der Waals surface area contributed by atoms with Gasteiger partial charge in [0.25, 0.3) is 0 Å². The third-order valence-corrected chi connectivity index (χ3v) is 12.8. The highest BCUT2D eigenvalue weighted by Gasteiger charge is 2.37. The standard InChI is InChI=1S/C46H50FN9O5/c1-24-30(25(2)50-43(59)44-53-45(54-61-44)46(3,4)5)11-12-32(39(24)47)40-38-33-21-36(60-6)35(22-34(33)51-41(38)49-23-48-40)56-17-15-55(16-18-56)29-19-28(20-29)26-7-9-27(10-8-26)31-13-14-37(57)52-42(31)58/h7-12,21-23,25,28-29,31H,13-20H2,1-6H3,(H,50,59)(H,48,49,51)(H,52,57,58)/t25-,28?,29?,31+/m1/s1. The second kappa shape index (κ2) is 15.7. The Morgan fingerprint density at radius 3 is 2.44 bits per heavy atom. The molecule has 6 aromatic rings. The van der Waals surface area contributed by atoms with Crippen molar-refractivity contribution in [3.8, 4) is 17.0 Å². The van der Waals surface area contributed by atoms with Gasteiger partial charge in [-0.15, -0.1) is 0 Å². The molecule has 14 nitrogen and oxygen atoms in total. The van der Waals surface area contributed by atoms with Crippen LogP contribution in [0.25, 0.3) is 33.2 Å². The fourth-order valence-electron chi connectivity index (χ4n) is 9.16. The number of fused-ring (bicyclic) bond motifs is 3. The summed E-state index contributed by atoms with van der Waals surface area (Å²) < 4.78 is 27.6. The van der Waals surface area contributed by atoms with E-state index >= 15 is 4.39 Å². The van der Waals surface area contributed by atoms with Crippen molar-refractivity contribution in [3.63, 3.8) is 0 Å². The first-order valence-electron chi connectivity index (χ1n) is 21.0. The van der Waals surface area contributed by atoms with Gasteiger partial charge in [-0.05, 0) is 79.5 Å². The summed E-state index contributed by atoms with van der Waals surface area (Å²) in [6.07, 6.45) is 4.58. The number of rotatable bonds is 9. The molecule has 316 valence electrons. The zero-order chi connectivity index (χ0) is 42.7. The predicted molar refractivity (Wildman–Crippen MR) is 228 cm³/mol. The number of hydrogen-bond acceptors (Lipinski definition) is 11. The van der Waals surface area contributed by atoms with Gasteiger partial charge in [0.15, 0.2) is 5.82 Å². The first-order valence-corrected chi connectivity index (χ1v) is 21.0. The molecule has 0 spiro atoms. The van der Waals surface area contributed by atoms with Crippen LogP contribution in [0.15, 0.2) is 59.4 Å². The first kappa shape index (κ1) is 40.2. The zero-order valence-corrected chi connectivity index (χ0v) is 35.3. The van der Waals surface area contributed by atoms with Crippen molar-refractivity contribution in [2.24, 2.45) is 0 Å². The minimum absolute atomic E-state index is 0.146. The summed E-state index contributed by atoms with van der Waals surface area (Å²) >= 11 is 0. The smallest absolute Gasteiger partial charge is 0.315 e. The maximum absolute atomic E-state index is 16.4. The highest BCUT2D eigenvalue weighted by molar-refractivity contribution is 6.13. The van der Waals surface area contributed by atoms with Crippen LogP contribution in [0.4, 0.5) is 10.1 Å². The van der Waals surface area contributed by atoms with Crippen molar-refractivity contribution in [1.82, 2.24) is 40.6 Å². The van der Waals surface area contributed by atoms with Crippen LogP contribution in [0.1, 0.15) is 110 Å². The first-order chi connectivity index (χ1) is 29.3. The minimum Gasteiger partial charge on any atom is -0.495 e. The number of carbonyl (C=O) groups excluding carboxylic acids is 3. The van der Waals surface area contributed by atoms with Gasteiger partial charge >= 0.3 is 11.8 Å². The summed E-state index contributed by atoms with van der Waals surface area (Å²) in [5, 5.41) is 10.8. The van der Waals surface area contributed by atoms with E-state index in [2.05, 4.69) is 75.9 Å². The van der Waals surface area contributed by atoms with E-state index in [4.69, 9.17) is 9.26 Å². The Morgan fingerprint density at radius 2 is 1.75 bits per heavy atom. The number of aromatic amines is 1. The molecule has 0 unspecified atom stereocenters. The molecular formula is C46H50FN9O5. The van der Waals surface area contributed by atoms with Gasteiger partial charge in [0, 0.05) is 55.0 Å². The van der Waals surface area contributed by atoms with Crippen LogP contribution in [0.5, 0.6) is 5.75 Å². The lowest BCUT2D eigenvalue weighted by molar-refractivity contribution is -0.134. The van der Waals surface area contributed by atoms with Crippen molar-refractivity contribution in [1.29, 1.82) is 0 Å². The highest BCUT2D eigenvalue weighted by atomic mass is 19.1. The topological polar surface area (TPSA) is 171 Å². The number of anilines is 1. The molecule has 1 aliphatic carbocycles. The lowest BCUT2D eigenvalue weighted by atomic mass is 9.74. The molecule has 9 rings (SSSR count). The average Bonchev–Trinajstić information content (AvgIpc) is 3.88. The van der Waals surface area contributed by atoms with Crippen molar-refractivity contribution < 1.29 is 28.0 Å². The molecule has 1 saturated carbocycles. The second-order valence-electron chi connectivity index (χ2n) is 17.7. The summed E-state index contributed by atoms with van der Waals surface area (Å²) in [7, 11) is 1.67. The van der Waals surface area contributed by atoms with Gasteiger partial charge < -0.3 is 24.5 Å². The Balaban J connectivity index is 0.878. The molecule has 0 bridgehead atoms. The summed E-state index contributed by atoms with van der Waals surface area (Å²) in [5.41, 5.74) is 6.07. The van der Waals surface area contributed by atoms with E-state index in [1.54, 1.807) is 33.1 Å². The number of aromatic nitrogens is 5. The number of ether oxygens (including phenoxy) is 1. The Kier molecular flexibility index (Phi) is 10.3. The van der Waals surface area contributed by atoms with Gasteiger partial charge in [0.05, 0.1) is 41.4 Å². The largest absolute Gasteiger partial charge is 0.495 e. The molecule has 5 heterocycles. The van der Waals surface area contributed by atoms with E-state index in [1.165, 1.54) is 11.9 Å². The van der Waals surface area contributed by atoms with Gasteiger partial charge in [-0.25, -0.2) is 14.4 Å². The number of amides is 3. The highest BCUT2D eigenvalue weighted by Crippen LogP contribution is 2.43. The summed E-state index contributed by atoms with van der Waals surface area (Å²) in [5.74, 6) is -0.143. The minimum atomic E-state index is -0.548. The van der Waals surface area contributed by atoms with E-state index in [-0.39, 0.29) is 29.0 Å². The van der Waals surface area contributed by atoms with Crippen molar-refractivity contribution in [2.45, 2.75) is 89.6 Å². The number of hydrogen-bond donors (Lipinski definition) is 3. The van der Waals surface area contributed by atoms with Crippen LogP contribution in [0.2, 0.25) is 0 Å². The van der Waals surface area contributed by atoms with Gasteiger partial charge in [0.2, 0.25) is 11.8 Å². The Morgan fingerprint density at radius 1 is 1.02 bits per heavy atom. The molecule has 3 aliphatic rings. The number of imide groups is 1. The van der Waals surface area contributed by atoms with Gasteiger partial charge in [-0.3, -0.25) is 24.6 Å². The van der Waals surface area contributed by atoms with Crippen LogP contribution < -0.4 is 20.3 Å².